The molecule has 5 nitrogen and oxygen atoms in total. The maximum absolute atomic E-state index is 12.2. The maximum Gasteiger partial charge on any atom is 0.352 e. The molecule has 0 bridgehead atoms. The van der Waals surface area contributed by atoms with Crippen LogP contribution in [0.1, 0.15) is 34.5 Å². The van der Waals surface area contributed by atoms with Crippen molar-refractivity contribution in [2.45, 2.75) is 12.8 Å². The molecule has 0 fully saturated rings. The highest BCUT2D eigenvalue weighted by Gasteiger charge is 2.14. The van der Waals surface area contributed by atoms with Crippen molar-refractivity contribution >= 4 is 22.6 Å². The lowest BCUT2D eigenvalue weighted by Gasteiger charge is -2.14. The van der Waals surface area contributed by atoms with Gasteiger partial charge in [-0.25, -0.2) is 4.79 Å². The Labute approximate surface area is 132 Å². The normalized spacial score (nSPS) is 12.2. The van der Waals surface area contributed by atoms with Crippen LogP contribution in [0.4, 0.5) is 5.69 Å². The number of pyridine rings is 1. The number of fused-ring (bicyclic) bond motifs is 1. The first-order chi connectivity index (χ1) is 11.0. The summed E-state index contributed by atoms with van der Waals surface area (Å²) in [4.78, 5) is 26.0. The molecule has 0 aliphatic carbocycles. The highest BCUT2D eigenvalue weighted by Crippen LogP contribution is 2.28. The van der Waals surface area contributed by atoms with Gasteiger partial charge in [-0.2, -0.15) is 0 Å². The quantitative estimate of drug-likeness (QED) is 0.648. The number of benzene rings is 2. The van der Waals surface area contributed by atoms with Crippen LogP contribution in [-0.4, -0.2) is 16.1 Å². The SMILES string of the molecule is CC(c1ccccc1)c1cc(N)c2[nH]c(C(=O)O)cc(=O)c2c1. The van der Waals surface area contributed by atoms with Crippen LogP contribution in [0.15, 0.2) is 53.3 Å². The molecule has 23 heavy (non-hydrogen) atoms. The molecular weight excluding hydrogens is 292 g/mol. The summed E-state index contributed by atoms with van der Waals surface area (Å²) in [5.74, 6) is -1.12. The molecule has 1 unspecified atom stereocenters. The number of aromatic carboxylic acids is 1. The van der Waals surface area contributed by atoms with Crippen molar-refractivity contribution in [3.8, 4) is 0 Å². The third-order valence-electron chi connectivity index (χ3n) is 4.02. The van der Waals surface area contributed by atoms with Crippen molar-refractivity contribution < 1.29 is 9.90 Å². The summed E-state index contributed by atoms with van der Waals surface area (Å²) in [6, 6.07) is 14.5. The van der Waals surface area contributed by atoms with Gasteiger partial charge < -0.3 is 15.8 Å². The molecule has 0 saturated heterocycles. The molecule has 4 N–H and O–H groups in total. The smallest absolute Gasteiger partial charge is 0.352 e. The van der Waals surface area contributed by atoms with E-state index in [2.05, 4.69) is 4.98 Å². The van der Waals surface area contributed by atoms with Crippen molar-refractivity contribution in [1.82, 2.24) is 4.98 Å². The molecule has 1 aromatic heterocycles. The highest BCUT2D eigenvalue weighted by atomic mass is 16.4. The van der Waals surface area contributed by atoms with Gasteiger partial charge in [0.2, 0.25) is 0 Å². The number of carbonyl (C=O) groups is 1. The number of H-pyrrole nitrogens is 1. The molecule has 3 aromatic rings. The van der Waals surface area contributed by atoms with Gasteiger partial charge in [0.1, 0.15) is 5.69 Å². The first kappa shape index (κ1) is 14.8. The van der Waals surface area contributed by atoms with E-state index in [9.17, 15) is 9.59 Å². The molecule has 3 rings (SSSR count). The molecule has 0 aliphatic heterocycles. The van der Waals surface area contributed by atoms with Gasteiger partial charge in [-0.15, -0.1) is 0 Å². The van der Waals surface area contributed by atoms with E-state index in [0.29, 0.717) is 16.6 Å². The van der Waals surface area contributed by atoms with Crippen molar-refractivity contribution in [2.75, 3.05) is 5.73 Å². The Balaban J connectivity index is 2.19. The van der Waals surface area contributed by atoms with Crippen LogP contribution in [0.25, 0.3) is 10.9 Å². The summed E-state index contributed by atoms with van der Waals surface area (Å²) in [5.41, 5.74) is 8.27. The fourth-order valence-electron chi connectivity index (χ4n) is 2.70. The fourth-order valence-corrected chi connectivity index (χ4v) is 2.70. The number of hydrogen-bond acceptors (Lipinski definition) is 3. The molecule has 0 radical (unpaired) electrons. The van der Waals surface area contributed by atoms with E-state index in [4.69, 9.17) is 10.8 Å². The van der Waals surface area contributed by atoms with E-state index in [0.717, 1.165) is 17.2 Å². The van der Waals surface area contributed by atoms with E-state index >= 15 is 0 Å². The van der Waals surface area contributed by atoms with Crippen molar-refractivity contribution in [3.63, 3.8) is 0 Å². The van der Waals surface area contributed by atoms with Crippen molar-refractivity contribution in [2.24, 2.45) is 0 Å². The van der Waals surface area contributed by atoms with Crippen LogP contribution in [0, 0.1) is 0 Å². The Kier molecular flexibility index (Phi) is 3.62. The van der Waals surface area contributed by atoms with Gasteiger partial charge in [-0.1, -0.05) is 37.3 Å². The number of aromatic amines is 1. The molecule has 1 atom stereocenters. The highest BCUT2D eigenvalue weighted by molar-refractivity contribution is 5.94. The zero-order chi connectivity index (χ0) is 16.6. The van der Waals surface area contributed by atoms with E-state index in [1.54, 1.807) is 12.1 Å². The molecule has 5 heteroatoms. The van der Waals surface area contributed by atoms with Crippen LogP contribution in [0.5, 0.6) is 0 Å². The number of rotatable bonds is 3. The molecule has 0 saturated carbocycles. The van der Waals surface area contributed by atoms with E-state index in [1.807, 2.05) is 37.3 Å². The Morgan fingerprint density at radius 2 is 1.83 bits per heavy atom. The third kappa shape index (κ3) is 2.68. The Morgan fingerprint density at radius 3 is 2.48 bits per heavy atom. The molecule has 2 aromatic carbocycles. The van der Waals surface area contributed by atoms with Gasteiger partial charge in [-0.3, -0.25) is 4.79 Å². The average molecular weight is 308 g/mol. The maximum atomic E-state index is 12.2. The number of aromatic nitrogens is 1. The van der Waals surface area contributed by atoms with Crippen molar-refractivity contribution in [1.29, 1.82) is 0 Å². The summed E-state index contributed by atoms with van der Waals surface area (Å²) in [6.45, 7) is 2.04. The van der Waals surface area contributed by atoms with Gasteiger partial charge in [0, 0.05) is 17.4 Å². The van der Waals surface area contributed by atoms with E-state index in [1.165, 1.54) is 0 Å². The van der Waals surface area contributed by atoms with Gasteiger partial charge >= 0.3 is 5.97 Å². The minimum absolute atomic E-state index is 0.0708. The summed E-state index contributed by atoms with van der Waals surface area (Å²) in [6.07, 6.45) is 0. The first-order valence-corrected chi connectivity index (χ1v) is 7.22. The second kappa shape index (κ2) is 5.61. The van der Waals surface area contributed by atoms with Crippen LogP contribution in [0.2, 0.25) is 0 Å². The molecule has 116 valence electrons. The Bertz CT molecular complexity index is 946. The predicted octanol–water partition coefficient (Wildman–Crippen LogP) is 2.96. The van der Waals surface area contributed by atoms with Crippen LogP contribution >= 0.6 is 0 Å². The minimum Gasteiger partial charge on any atom is -0.477 e. The van der Waals surface area contributed by atoms with Crippen molar-refractivity contribution in [3.05, 3.63) is 75.6 Å². The predicted molar refractivity (Wildman–Crippen MR) is 89.9 cm³/mol. The van der Waals surface area contributed by atoms with E-state index < -0.39 is 5.97 Å². The summed E-state index contributed by atoms with van der Waals surface area (Å²) < 4.78 is 0. The monoisotopic (exact) mass is 308 g/mol. The number of nitrogens with one attached hydrogen (secondary N) is 1. The largest absolute Gasteiger partial charge is 0.477 e. The lowest BCUT2D eigenvalue weighted by Crippen LogP contribution is -2.11. The Morgan fingerprint density at radius 1 is 1.13 bits per heavy atom. The molecule has 0 aliphatic rings. The number of hydrogen-bond donors (Lipinski definition) is 3. The number of carboxylic acids is 1. The average Bonchev–Trinajstić information content (AvgIpc) is 2.55. The molecule has 0 amide bonds. The second-order valence-electron chi connectivity index (χ2n) is 5.52. The summed E-state index contributed by atoms with van der Waals surface area (Å²) in [5, 5.41) is 9.44. The zero-order valence-electron chi connectivity index (χ0n) is 12.5. The topological polar surface area (TPSA) is 96.2 Å². The van der Waals surface area contributed by atoms with Crippen LogP contribution < -0.4 is 11.2 Å². The number of anilines is 1. The van der Waals surface area contributed by atoms with Crippen LogP contribution in [0.3, 0.4) is 0 Å². The number of nitrogens with two attached hydrogens (primary N) is 1. The minimum atomic E-state index is -1.19. The fraction of sp³-hybridized carbons (Fsp3) is 0.111. The van der Waals surface area contributed by atoms with E-state index in [-0.39, 0.29) is 17.0 Å². The van der Waals surface area contributed by atoms with Gasteiger partial charge in [0.25, 0.3) is 0 Å². The van der Waals surface area contributed by atoms with Crippen LogP contribution in [-0.2, 0) is 0 Å². The Hall–Kier alpha value is -3.08. The number of carboxylic acid groups (broad SMARTS) is 1. The van der Waals surface area contributed by atoms with Gasteiger partial charge in [-0.05, 0) is 23.3 Å². The standard InChI is InChI=1S/C18H16N2O3/c1-10(11-5-3-2-4-6-11)12-7-13-16(21)9-15(18(22)23)20-17(13)14(19)8-12/h2-10H,19H2,1H3,(H,20,21)(H,22,23). The van der Waals surface area contributed by atoms with Gasteiger partial charge in [0.05, 0.1) is 11.2 Å². The summed E-state index contributed by atoms with van der Waals surface area (Å²) >= 11 is 0. The lowest BCUT2D eigenvalue weighted by molar-refractivity contribution is 0.0691. The summed E-state index contributed by atoms with van der Waals surface area (Å²) in [7, 11) is 0. The zero-order valence-corrected chi connectivity index (χ0v) is 12.5. The third-order valence-corrected chi connectivity index (χ3v) is 4.02. The lowest BCUT2D eigenvalue weighted by atomic mass is 9.91. The number of nitrogen functional groups attached to an aromatic ring is 1. The second-order valence-corrected chi connectivity index (χ2v) is 5.52. The molecule has 0 spiro atoms. The first-order valence-electron chi connectivity index (χ1n) is 7.22. The molecule has 1 heterocycles. The van der Waals surface area contributed by atoms with Gasteiger partial charge in [0.15, 0.2) is 5.43 Å². The molecular formula is C18H16N2O3.